The number of hydrogen-bond donors (Lipinski definition) is 3. The van der Waals surface area contributed by atoms with Gasteiger partial charge in [0, 0.05) is 37.8 Å². The van der Waals surface area contributed by atoms with Crippen LogP contribution >= 0.6 is 12.4 Å². The molecule has 0 spiro atoms. The molecule has 1 aliphatic rings. The van der Waals surface area contributed by atoms with Crippen molar-refractivity contribution in [2.75, 3.05) is 26.2 Å². The summed E-state index contributed by atoms with van der Waals surface area (Å²) in [6.07, 6.45) is -3.80. The second kappa shape index (κ2) is 8.32. The van der Waals surface area contributed by atoms with Crippen molar-refractivity contribution in [3.8, 4) is 5.88 Å². The number of alkyl halides is 3. The number of aliphatic hydroxyl groups excluding tert-OH is 1. The summed E-state index contributed by atoms with van der Waals surface area (Å²) < 4.78 is 40.4. The van der Waals surface area contributed by atoms with Gasteiger partial charge in [0.2, 0.25) is 5.88 Å². The van der Waals surface area contributed by atoms with Crippen molar-refractivity contribution in [1.82, 2.24) is 15.6 Å². The molecule has 23 heavy (non-hydrogen) atoms. The predicted molar refractivity (Wildman–Crippen MR) is 77.7 cm³/mol. The maximum Gasteiger partial charge on any atom is 0.422 e. The zero-order valence-corrected chi connectivity index (χ0v) is 12.8. The summed E-state index contributed by atoms with van der Waals surface area (Å²) >= 11 is 0. The number of aromatic nitrogens is 1. The molecule has 2 unspecified atom stereocenters. The Bertz CT molecular complexity index is 513. The molecule has 2 heterocycles. The van der Waals surface area contributed by atoms with E-state index in [0.29, 0.717) is 19.6 Å². The Labute approximate surface area is 136 Å². The lowest BCUT2D eigenvalue weighted by Crippen LogP contribution is -2.34. The third kappa shape index (κ3) is 6.20. The fourth-order valence-corrected chi connectivity index (χ4v) is 2.01. The maximum absolute atomic E-state index is 12.0. The van der Waals surface area contributed by atoms with Gasteiger partial charge in [0.25, 0.3) is 5.91 Å². The van der Waals surface area contributed by atoms with E-state index in [1.807, 2.05) is 0 Å². The Morgan fingerprint density at radius 3 is 2.70 bits per heavy atom. The normalized spacial score (nSPS) is 20.7. The molecular weight excluding hydrogens is 339 g/mol. The van der Waals surface area contributed by atoms with Crippen LogP contribution in [0.5, 0.6) is 5.88 Å². The monoisotopic (exact) mass is 355 g/mol. The van der Waals surface area contributed by atoms with Crippen LogP contribution < -0.4 is 15.4 Å². The van der Waals surface area contributed by atoms with Gasteiger partial charge in [-0.3, -0.25) is 4.79 Å². The van der Waals surface area contributed by atoms with Gasteiger partial charge in [-0.1, -0.05) is 0 Å². The molecule has 0 aliphatic carbocycles. The molecule has 1 fully saturated rings. The molecule has 0 bridgehead atoms. The van der Waals surface area contributed by atoms with Crippen LogP contribution in [0.3, 0.4) is 0 Å². The number of nitrogens with zero attached hydrogens (tertiary/aromatic N) is 1. The number of ether oxygens (including phenoxy) is 1. The van der Waals surface area contributed by atoms with Gasteiger partial charge in [-0.05, 0) is 6.07 Å². The minimum absolute atomic E-state index is 0. The third-order valence-corrected chi connectivity index (χ3v) is 3.21. The second-order valence-corrected chi connectivity index (χ2v) is 4.98. The van der Waals surface area contributed by atoms with Crippen molar-refractivity contribution >= 4 is 18.3 Å². The van der Waals surface area contributed by atoms with Crippen LogP contribution in [0.15, 0.2) is 18.3 Å². The highest BCUT2D eigenvalue weighted by Gasteiger charge is 2.28. The number of aliphatic hydroxyl groups is 1. The number of halogens is 4. The summed E-state index contributed by atoms with van der Waals surface area (Å²) in [5, 5.41) is 15.2. The van der Waals surface area contributed by atoms with Gasteiger partial charge in [0.15, 0.2) is 6.61 Å². The van der Waals surface area contributed by atoms with E-state index in [9.17, 15) is 23.1 Å². The van der Waals surface area contributed by atoms with Crippen molar-refractivity contribution in [3.05, 3.63) is 23.9 Å². The number of amides is 1. The average Bonchev–Trinajstić information content (AvgIpc) is 2.88. The number of rotatable bonds is 5. The minimum atomic E-state index is -4.44. The molecule has 1 aliphatic heterocycles. The Balaban J connectivity index is 0.00000264. The largest absolute Gasteiger partial charge is 0.468 e. The van der Waals surface area contributed by atoms with Crippen LogP contribution in [0, 0.1) is 5.92 Å². The first kappa shape index (κ1) is 19.5. The van der Waals surface area contributed by atoms with Crippen LogP contribution in [0.25, 0.3) is 0 Å². The first-order valence-corrected chi connectivity index (χ1v) is 6.68. The molecule has 0 aromatic carbocycles. The van der Waals surface area contributed by atoms with Crippen molar-refractivity contribution < 1.29 is 27.8 Å². The Morgan fingerprint density at radius 2 is 2.17 bits per heavy atom. The lowest BCUT2D eigenvalue weighted by Gasteiger charge is -2.14. The van der Waals surface area contributed by atoms with E-state index >= 15 is 0 Å². The second-order valence-electron chi connectivity index (χ2n) is 4.98. The fourth-order valence-electron chi connectivity index (χ4n) is 2.01. The first-order valence-electron chi connectivity index (χ1n) is 6.68. The molecule has 130 valence electrons. The Hall–Kier alpha value is -1.58. The average molecular weight is 356 g/mol. The van der Waals surface area contributed by atoms with Gasteiger partial charge < -0.3 is 20.5 Å². The summed E-state index contributed by atoms with van der Waals surface area (Å²) in [6.45, 7) is -0.0192. The standard InChI is InChI=1S/C13H16F3N3O3.ClH/c14-13(15,16)7-22-11-2-1-8(4-18-11)12(21)19-5-9-3-17-6-10(9)20;/h1-2,4,9-10,17,20H,3,5-7H2,(H,19,21);1H. The van der Waals surface area contributed by atoms with Gasteiger partial charge in [0.1, 0.15) is 0 Å². The number of pyridine rings is 1. The van der Waals surface area contributed by atoms with E-state index in [-0.39, 0.29) is 29.8 Å². The summed E-state index contributed by atoms with van der Waals surface area (Å²) in [6, 6.07) is 2.53. The molecule has 2 rings (SSSR count). The molecule has 3 N–H and O–H groups in total. The summed E-state index contributed by atoms with van der Waals surface area (Å²) in [4.78, 5) is 15.5. The molecule has 1 aromatic rings. The summed E-state index contributed by atoms with van der Waals surface area (Å²) in [7, 11) is 0. The van der Waals surface area contributed by atoms with Crippen LogP contribution in [0.2, 0.25) is 0 Å². The van der Waals surface area contributed by atoms with Crippen LogP contribution in [-0.2, 0) is 0 Å². The van der Waals surface area contributed by atoms with E-state index in [4.69, 9.17) is 0 Å². The third-order valence-electron chi connectivity index (χ3n) is 3.21. The van der Waals surface area contributed by atoms with E-state index in [1.165, 1.54) is 12.1 Å². The molecule has 2 atom stereocenters. The summed E-state index contributed by atoms with van der Waals surface area (Å²) in [5.74, 6) is -0.676. The number of carbonyl (C=O) groups is 1. The van der Waals surface area contributed by atoms with Crippen molar-refractivity contribution in [3.63, 3.8) is 0 Å². The van der Waals surface area contributed by atoms with Gasteiger partial charge in [-0.2, -0.15) is 13.2 Å². The highest BCUT2D eigenvalue weighted by molar-refractivity contribution is 5.93. The zero-order chi connectivity index (χ0) is 16.2. The Morgan fingerprint density at radius 1 is 1.43 bits per heavy atom. The van der Waals surface area contributed by atoms with Crippen molar-refractivity contribution in [2.45, 2.75) is 12.3 Å². The van der Waals surface area contributed by atoms with Gasteiger partial charge in [-0.25, -0.2) is 4.98 Å². The van der Waals surface area contributed by atoms with Crippen molar-refractivity contribution in [1.29, 1.82) is 0 Å². The van der Waals surface area contributed by atoms with Gasteiger partial charge >= 0.3 is 6.18 Å². The summed E-state index contributed by atoms with van der Waals surface area (Å²) in [5.41, 5.74) is 0.208. The number of nitrogens with one attached hydrogen (secondary N) is 2. The molecule has 0 saturated carbocycles. The van der Waals surface area contributed by atoms with E-state index < -0.39 is 24.8 Å². The molecule has 1 amide bonds. The predicted octanol–water partition coefficient (Wildman–Crippen LogP) is 0.755. The maximum atomic E-state index is 12.0. The van der Waals surface area contributed by atoms with Crippen LogP contribution in [0.4, 0.5) is 13.2 Å². The molecule has 0 radical (unpaired) electrons. The fraction of sp³-hybridized carbons (Fsp3) is 0.538. The van der Waals surface area contributed by atoms with E-state index in [2.05, 4.69) is 20.4 Å². The number of carbonyl (C=O) groups excluding carboxylic acids is 1. The molecular formula is C13H17ClF3N3O3. The molecule has 6 nitrogen and oxygen atoms in total. The van der Waals surface area contributed by atoms with Crippen LogP contribution in [0.1, 0.15) is 10.4 Å². The molecule has 10 heteroatoms. The van der Waals surface area contributed by atoms with Crippen LogP contribution in [-0.4, -0.2) is 54.5 Å². The molecule has 1 aromatic heterocycles. The van der Waals surface area contributed by atoms with Gasteiger partial charge in [-0.15, -0.1) is 12.4 Å². The Kier molecular flexibility index (Phi) is 7.04. The zero-order valence-electron chi connectivity index (χ0n) is 12.0. The molecule has 1 saturated heterocycles. The van der Waals surface area contributed by atoms with Crippen molar-refractivity contribution in [2.24, 2.45) is 5.92 Å². The van der Waals surface area contributed by atoms with E-state index in [1.54, 1.807) is 0 Å². The SMILES string of the molecule is Cl.O=C(NCC1CNCC1O)c1ccc(OCC(F)(F)F)nc1. The highest BCUT2D eigenvalue weighted by atomic mass is 35.5. The van der Waals surface area contributed by atoms with Gasteiger partial charge in [0.05, 0.1) is 11.7 Å². The quantitative estimate of drug-likeness (QED) is 0.726. The lowest BCUT2D eigenvalue weighted by molar-refractivity contribution is -0.154. The first-order chi connectivity index (χ1) is 10.3. The lowest BCUT2D eigenvalue weighted by atomic mass is 10.1. The van der Waals surface area contributed by atoms with E-state index in [0.717, 1.165) is 6.20 Å². The highest BCUT2D eigenvalue weighted by Crippen LogP contribution is 2.17. The number of hydrogen-bond acceptors (Lipinski definition) is 5. The topological polar surface area (TPSA) is 83.5 Å². The number of β-amino-alcohol motifs (C(OH)–C–C–N with tert-alkyl or cyclic N) is 1. The minimum Gasteiger partial charge on any atom is -0.468 e. The smallest absolute Gasteiger partial charge is 0.422 e.